The highest BCUT2D eigenvalue weighted by Crippen LogP contribution is 2.34. The van der Waals surface area contributed by atoms with Gasteiger partial charge < -0.3 is 15.8 Å². The van der Waals surface area contributed by atoms with Crippen LogP contribution in [-0.4, -0.2) is 42.7 Å². The number of rotatable bonds is 6. The molecule has 0 spiro atoms. The average molecular weight is 487 g/mol. The van der Waals surface area contributed by atoms with Crippen molar-refractivity contribution in [1.82, 2.24) is 24.4 Å². The van der Waals surface area contributed by atoms with Gasteiger partial charge >= 0.3 is 6.18 Å². The molecule has 0 radical (unpaired) electrons. The molecule has 0 bridgehead atoms. The third-order valence-corrected chi connectivity index (χ3v) is 5.45. The number of alkyl halides is 3. The summed E-state index contributed by atoms with van der Waals surface area (Å²) in [5, 5.41) is 11.7. The van der Waals surface area contributed by atoms with Crippen LogP contribution < -0.4 is 21.3 Å². The Balaban J connectivity index is 1.64. The molecule has 0 aliphatic carbocycles. The van der Waals surface area contributed by atoms with Crippen molar-refractivity contribution in [3.63, 3.8) is 0 Å². The molecule has 0 unspecified atom stereocenters. The summed E-state index contributed by atoms with van der Waals surface area (Å²) < 4.78 is 47.9. The van der Waals surface area contributed by atoms with E-state index < -0.39 is 18.3 Å². The smallest absolute Gasteiger partial charge is 0.409 e. The van der Waals surface area contributed by atoms with Gasteiger partial charge in [-0.15, -0.1) is 0 Å². The monoisotopic (exact) mass is 487 g/mol. The summed E-state index contributed by atoms with van der Waals surface area (Å²) in [5.74, 6) is 1.14. The Hall–Kier alpha value is -3.93. The van der Waals surface area contributed by atoms with E-state index in [0.717, 1.165) is 6.92 Å². The number of nitrogens with zero attached hydrogens (tertiary/aromatic N) is 5. The molecule has 0 fully saturated rings. The van der Waals surface area contributed by atoms with Gasteiger partial charge in [0.15, 0.2) is 11.6 Å². The molecule has 4 heterocycles. The second-order valence-corrected chi connectivity index (χ2v) is 8.61. The van der Waals surface area contributed by atoms with Crippen LogP contribution in [0.1, 0.15) is 18.2 Å². The molecule has 0 amide bonds. The molecule has 0 aliphatic heterocycles. The Morgan fingerprint density at radius 1 is 1.11 bits per heavy atom. The lowest BCUT2D eigenvalue weighted by Crippen LogP contribution is -2.55. The van der Waals surface area contributed by atoms with Crippen LogP contribution in [0.25, 0.3) is 16.6 Å². The number of aryl methyl sites for hydroxylation is 3. The van der Waals surface area contributed by atoms with E-state index in [1.54, 1.807) is 55.9 Å². The predicted octanol–water partition coefficient (Wildman–Crippen LogP) is 3.51. The second kappa shape index (κ2) is 8.69. The van der Waals surface area contributed by atoms with Gasteiger partial charge in [0.2, 0.25) is 0 Å². The van der Waals surface area contributed by atoms with Crippen molar-refractivity contribution in [2.24, 2.45) is 12.8 Å². The quantitative estimate of drug-likeness (QED) is 0.428. The van der Waals surface area contributed by atoms with E-state index >= 15 is 0 Å². The summed E-state index contributed by atoms with van der Waals surface area (Å²) in [6, 6.07) is 8.74. The molecule has 0 saturated carbocycles. The summed E-state index contributed by atoms with van der Waals surface area (Å²) in [4.78, 5) is 16.0. The second-order valence-electron chi connectivity index (χ2n) is 8.61. The van der Waals surface area contributed by atoms with Gasteiger partial charge in [0.05, 0.1) is 11.7 Å². The molecule has 0 aromatic carbocycles. The molecule has 4 aromatic rings. The van der Waals surface area contributed by atoms with Crippen molar-refractivity contribution in [2.75, 3.05) is 11.9 Å². The molecule has 0 saturated heterocycles. The molecule has 0 aliphatic rings. The first-order valence-corrected chi connectivity index (χ1v) is 10.6. The van der Waals surface area contributed by atoms with E-state index in [1.807, 2.05) is 6.07 Å². The fraction of sp³-hybridized carbons (Fsp3) is 0.304. The van der Waals surface area contributed by atoms with Crippen molar-refractivity contribution in [3.05, 3.63) is 64.3 Å². The number of anilines is 2. The molecule has 35 heavy (non-hydrogen) atoms. The molecule has 4 aromatic heterocycles. The minimum absolute atomic E-state index is 0.184. The SMILES string of the molecule is Cc1cc(-c2ccn3nc(Nc4cc(C)c(=O)n(C)n4)cc3c2)c(OC[C@](C)(N)C(F)(F)F)cn1. The van der Waals surface area contributed by atoms with Gasteiger partial charge in [-0.05, 0) is 50.6 Å². The summed E-state index contributed by atoms with van der Waals surface area (Å²) in [7, 11) is 1.56. The summed E-state index contributed by atoms with van der Waals surface area (Å²) in [6.07, 6.45) is -1.51. The van der Waals surface area contributed by atoms with Gasteiger partial charge in [0.1, 0.15) is 17.9 Å². The van der Waals surface area contributed by atoms with E-state index in [9.17, 15) is 18.0 Å². The highest BCUT2D eigenvalue weighted by atomic mass is 19.4. The van der Waals surface area contributed by atoms with E-state index in [2.05, 4.69) is 20.5 Å². The number of pyridine rings is 2. The van der Waals surface area contributed by atoms with E-state index in [4.69, 9.17) is 10.5 Å². The first-order chi connectivity index (χ1) is 16.3. The number of halogens is 3. The fourth-order valence-electron chi connectivity index (χ4n) is 3.37. The first-order valence-electron chi connectivity index (χ1n) is 10.6. The average Bonchev–Trinajstić information content (AvgIpc) is 3.17. The maximum absolute atomic E-state index is 13.2. The minimum atomic E-state index is -4.62. The Kier molecular flexibility index (Phi) is 6.01. The fourth-order valence-corrected chi connectivity index (χ4v) is 3.37. The van der Waals surface area contributed by atoms with Crippen LogP contribution in [0.15, 0.2) is 47.5 Å². The van der Waals surface area contributed by atoms with Crippen molar-refractivity contribution < 1.29 is 17.9 Å². The van der Waals surface area contributed by atoms with E-state index in [-0.39, 0.29) is 11.3 Å². The Labute approximate surface area is 198 Å². The normalized spacial score (nSPS) is 13.6. The maximum atomic E-state index is 13.2. The summed E-state index contributed by atoms with van der Waals surface area (Å²) >= 11 is 0. The minimum Gasteiger partial charge on any atom is -0.489 e. The lowest BCUT2D eigenvalue weighted by molar-refractivity contribution is -0.187. The number of nitrogens with one attached hydrogen (secondary N) is 1. The summed E-state index contributed by atoms with van der Waals surface area (Å²) in [6.45, 7) is 3.59. The van der Waals surface area contributed by atoms with Crippen LogP contribution in [0.3, 0.4) is 0 Å². The highest BCUT2D eigenvalue weighted by molar-refractivity contribution is 5.75. The largest absolute Gasteiger partial charge is 0.489 e. The number of hydrogen-bond acceptors (Lipinski definition) is 7. The van der Waals surface area contributed by atoms with Crippen LogP contribution >= 0.6 is 0 Å². The number of nitrogens with two attached hydrogens (primary N) is 1. The van der Waals surface area contributed by atoms with Gasteiger partial charge in [0.25, 0.3) is 5.56 Å². The van der Waals surface area contributed by atoms with Gasteiger partial charge in [-0.3, -0.25) is 9.78 Å². The molecule has 1 atom stereocenters. The third kappa shape index (κ3) is 4.97. The van der Waals surface area contributed by atoms with Gasteiger partial charge in [0, 0.05) is 36.1 Å². The summed E-state index contributed by atoms with van der Waals surface area (Å²) in [5.41, 5.74) is 5.91. The van der Waals surface area contributed by atoms with Crippen molar-refractivity contribution in [3.8, 4) is 16.9 Å². The maximum Gasteiger partial charge on any atom is 0.409 e. The number of ether oxygens (including phenoxy) is 1. The Bertz CT molecular complexity index is 1430. The first kappa shape index (κ1) is 24.2. The Morgan fingerprint density at radius 3 is 2.51 bits per heavy atom. The number of hydrogen-bond donors (Lipinski definition) is 2. The number of fused-ring (bicyclic) bond motifs is 1. The zero-order valence-corrected chi connectivity index (χ0v) is 19.5. The van der Waals surface area contributed by atoms with Crippen molar-refractivity contribution in [1.29, 1.82) is 0 Å². The lowest BCUT2D eigenvalue weighted by atomic mass is 10.0. The highest BCUT2D eigenvalue weighted by Gasteiger charge is 2.49. The molecule has 184 valence electrons. The zero-order chi connectivity index (χ0) is 25.5. The molecular formula is C23H24F3N7O2. The van der Waals surface area contributed by atoms with Crippen LogP contribution in [0.4, 0.5) is 24.8 Å². The molecule has 3 N–H and O–H groups in total. The lowest BCUT2D eigenvalue weighted by Gasteiger charge is -2.27. The third-order valence-electron chi connectivity index (χ3n) is 5.45. The van der Waals surface area contributed by atoms with Gasteiger partial charge in [-0.1, -0.05) is 0 Å². The van der Waals surface area contributed by atoms with Gasteiger partial charge in [-0.2, -0.15) is 23.4 Å². The molecule has 9 nitrogen and oxygen atoms in total. The molecule has 12 heteroatoms. The zero-order valence-electron chi connectivity index (χ0n) is 19.5. The van der Waals surface area contributed by atoms with Crippen LogP contribution in [0.2, 0.25) is 0 Å². The van der Waals surface area contributed by atoms with Crippen LogP contribution in [0.5, 0.6) is 5.75 Å². The van der Waals surface area contributed by atoms with Crippen molar-refractivity contribution >= 4 is 17.2 Å². The van der Waals surface area contributed by atoms with E-state index in [1.165, 1.54) is 10.9 Å². The molecule has 4 rings (SSSR count). The molecular weight excluding hydrogens is 463 g/mol. The Morgan fingerprint density at radius 2 is 1.83 bits per heavy atom. The van der Waals surface area contributed by atoms with Gasteiger partial charge in [-0.25, -0.2) is 9.20 Å². The van der Waals surface area contributed by atoms with E-state index in [0.29, 0.717) is 39.5 Å². The van der Waals surface area contributed by atoms with Crippen molar-refractivity contribution in [2.45, 2.75) is 32.5 Å². The van der Waals surface area contributed by atoms with Crippen LogP contribution in [0, 0.1) is 13.8 Å². The topological polar surface area (TPSA) is 112 Å². The predicted molar refractivity (Wildman–Crippen MR) is 125 cm³/mol. The van der Waals surface area contributed by atoms with Crippen LogP contribution in [-0.2, 0) is 7.05 Å². The number of aromatic nitrogens is 5. The standard InChI is InChI=1S/C23H24F3N7O2/c1-13-7-19(30-32(4)21(13)34)29-20-10-16-9-15(5-6-33(16)31-20)17-8-14(2)28-11-18(17)35-12-22(3,27)23(24,25)26/h5-11H,12,27H2,1-4H3,(H,29,30,31)/t22-/m0/s1.